The minimum Gasteiger partial charge on any atom is -0.315 e. The maximum Gasteiger partial charge on any atom is 0.161 e. The third-order valence-electron chi connectivity index (χ3n) is 3.30. The lowest BCUT2D eigenvalue weighted by Gasteiger charge is -2.23. The SMILES string of the molecule is CC(N)(C(=O)Cc1ccc(Cl)c(F)c1)c1ccccc1. The molecule has 2 aromatic rings. The quantitative estimate of drug-likeness (QED) is 0.937. The Kier molecular flexibility index (Phi) is 4.21. The predicted molar refractivity (Wildman–Crippen MR) is 78.1 cm³/mol. The zero-order valence-electron chi connectivity index (χ0n) is 11.1. The van der Waals surface area contributed by atoms with Crippen LogP contribution < -0.4 is 5.73 Å². The molecule has 0 fully saturated rings. The van der Waals surface area contributed by atoms with E-state index in [0.29, 0.717) is 5.56 Å². The minimum atomic E-state index is -1.10. The molecule has 0 aliphatic carbocycles. The molecular weight excluding hydrogens is 277 g/mol. The van der Waals surface area contributed by atoms with Gasteiger partial charge in [-0.05, 0) is 30.2 Å². The van der Waals surface area contributed by atoms with E-state index in [1.807, 2.05) is 18.2 Å². The van der Waals surface area contributed by atoms with Crippen molar-refractivity contribution in [1.82, 2.24) is 0 Å². The molecule has 2 aromatic carbocycles. The Hall–Kier alpha value is -1.71. The fraction of sp³-hybridized carbons (Fsp3) is 0.188. The largest absolute Gasteiger partial charge is 0.315 e. The molecule has 2 N–H and O–H groups in total. The first kappa shape index (κ1) is 14.7. The Bertz CT molecular complexity index is 626. The number of ketones is 1. The number of carbonyl (C=O) groups excluding carboxylic acids is 1. The summed E-state index contributed by atoms with van der Waals surface area (Å²) in [5.74, 6) is -0.708. The maximum absolute atomic E-state index is 13.4. The van der Waals surface area contributed by atoms with Gasteiger partial charge < -0.3 is 5.73 Å². The van der Waals surface area contributed by atoms with E-state index in [2.05, 4.69) is 0 Å². The number of carbonyl (C=O) groups is 1. The van der Waals surface area contributed by atoms with Gasteiger partial charge in [0.1, 0.15) is 5.82 Å². The van der Waals surface area contributed by atoms with Crippen LogP contribution in [0.25, 0.3) is 0 Å². The number of benzene rings is 2. The first-order chi connectivity index (χ1) is 9.41. The molecule has 0 amide bonds. The van der Waals surface area contributed by atoms with Gasteiger partial charge in [-0.2, -0.15) is 0 Å². The summed E-state index contributed by atoms with van der Waals surface area (Å²) in [5.41, 5.74) is 6.32. The van der Waals surface area contributed by atoms with Crippen LogP contribution >= 0.6 is 11.6 Å². The Balaban J connectivity index is 2.21. The number of hydrogen-bond acceptors (Lipinski definition) is 2. The zero-order valence-corrected chi connectivity index (χ0v) is 11.8. The zero-order chi connectivity index (χ0) is 14.8. The standard InChI is InChI=1S/C16H15ClFNO/c1-16(19,12-5-3-2-4-6-12)15(20)10-11-7-8-13(17)14(18)9-11/h2-9H,10,19H2,1H3. The Labute approximate surface area is 122 Å². The van der Waals surface area contributed by atoms with Crippen molar-refractivity contribution in [2.45, 2.75) is 18.9 Å². The topological polar surface area (TPSA) is 43.1 Å². The normalized spacial score (nSPS) is 13.8. The second-order valence-electron chi connectivity index (χ2n) is 4.92. The van der Waals surface area contributed by atoms with Gasteiger partial charge in [0.15, 0.2) is 5.78 Å². The average molecular weight is 292 g/mol. The molecule has 0 aliphatic rings. The molecule has 2 rings (SSSR count). The van der Waals surface area contributed by atoms with Crippen molar-refractivity contribution in [3.8, 4) is 0 Å². The van der Waals surface area contributed by atoms with Crippen molar-refractivity contribution >= 4 is 17.4 Å². The number of Topliss-reactive ketones (excluding diaryl/α,β-unsaturated/α-hetero) is 1. The Morgan fingerprint density at radius 2 is 1.90 bits per heavy atom. The minimum absolute atomic E-state index is 0.0415. The molecule has 0 radical (unpaired) electrons. The van der Waals surface area contributed by atoms with E-state index in [9.17, 15) is 9.18 Å². The molecule has 104 valence electrons. The third-order valence-corrected chi connectivity index (χ3v) is 3.61. The van der Waals surface area contributed by atoms with Gasteiger partial charge in [-0.3, -0.25) is 4.79 Å². The van der Waals surface area contributed by atoms with E-state index < -0.39 is 11.4 Å². The molecule has 0 spiro atoms. The van der Waals surface area contributed by atoms with Crippen molar-refractivity contribution in [1.29, 1.82) is 0 Å². The first-order valence-corrected chi connectivity index (χ1v) is 6.60. The Morgan fingerprint density at radius 1 is 1.25 bits per heavy atom. The smallest absolute Gasteiger partial charge is 0.161 e. The van der Waals surface area contributed by atoms with Crippen LogP contribution in [0.4, 0.5) is 4.39 Å². The molecule has 0 bridgehead atoms. The summed E-state index contributed by atoms with van der Waals surface area (Å²) in [4.78, 5) is 12.4. The summed E-state index contributed by atoms with van der Waals surface area (Å²) in [7, 11) is 0. The van der Waals surface area contributed by atoms with Crippen molar-refractivity contribution in [2.24, 2.45) is 5.73 Å². The fourth-order valence-corrected chi connectivity index (χ4v) is 2.08. The molecule has 20 heavy (non-hydrogen) atoms. The molecule has 0 aliphatic heterocycles. The lowest BCUT2D eigenvalue weighted by Crippen LogP contribution is -2.42. The molecular formula is C16H15ClFNO. The van der Waals surface area contributed by atoms with Crippen LogP contribution in [0, 0.1) is 5.82 Å². The maximum atomic E-state index is 13.4. The lowest BCUT2D eigenvalue weighted by molar-refractivity contribution is -0.123. The first-order valence-electron chi connectivity index (χ1n) is 6.23. The molecule has 1 atom stereocenters. The van der Waals surface area contributed by atoms with Gasteiger partial charge in [0.25, 0.3) is 0 Å². The second kappa shape index (κ2) is 5.73. The van der Waals surface area contributed by atoms with Crippen LogP contribution in [0.1, 0.15) is 18.1 Å². The van der Waals surface area contributed by atoms with E-state index in [4.69, 9.17) is 17.3 Å². The predicted octanol–water partition coefficient (Wildman–Crippen LogP) is 3.46. The van der Waals surface area contributed by atoms with E-state index in [1.54, 1.807) is 25.1 Å². The molecule has 4 heteroatoms. The van der Waals surface area contributed by atoms with Gasteiger partial charge in [-0.1, -0.05) is 48.0 Å². The Morgan fingerprint density at radius 3 is 2.50 bits per heavy atom. The molecule has 1 unspecified atom stereocenters. The molecule has 0 aromatic heterocycles. The fourth-order valence-electron chi connectivity index (χ4n) is 1.96. The summed E-state index contributed by atoms with van der Waals surface area (Å²) in [5, 5.41) is 0.0415. The summed E-state index contributed by atoms with van der Waals surface area (Å²) in [6.07, 6.45) is 0.0655. The van der Waals surface area contributed by atoms with Crippen molar-refractivity contribution in [2.75, 3.05) is 0 Å². The number of halogens is 2. The highest BCUT2D eigenvalue weighted by Gasteiger charge is 2.29. The van der Waals surface area contributed by atoms with Crippen LogP contribution in [0.2, 0.25) is 5.02 Å². The second-order valence-corrected chi connectivity index (χ2v) is 5.32. The van der Waals surface area contributed by atoms with Crippen molar-refractivity contribution < 1.29 is 9.18 Å². The van der Waals surface area contributed by atoms with Crippen molar-refractivity contribution in [3.05, 3.63) is 70.5 Å². The van der Waals surface area contributed by atoms with Gasteiger partial charge in [0.05, 0.1) is 10.6 Å². The highest BCUT2D eigenvalue weighted by molar-refractivity contribution is 6.30. The highest BCUT2D eigenvalue weighted by Crippen LogP contribution is 2.22. The third kappa shape index (κ3) is 3.06. The summed E-state index contributed by atoms with van der Waals surface area (Å²) >= 11 is 5.62. The number of hydrogen-bond donors (Lipinski definition) is 1. The van der Waals surface area contributed by atoms with Gasteiger partial charge in [0, 0.05) is 6.42 Å². The number of rotatable bonds is 4. The molecule has 2 nitrogen and oxygen atoms in total. The van der Waals surface area contributed by atoms with Gasteiger partial charge in [-0.15, -0.1) is 0 Å². The monoisotopic (exact) mass is 291 g/mol. The van der Waals surface area contributed by atoms with E-state index >= 15 is 0 Å². The van der Waals surface area contributed by atoms with Gasteiger partial charge in [-0.25, -0.2) is 4.39 Å². The van der Waals surface area contributed by atoms with Gasteiger partial charge >= 0.3 is 0 Å². The van der Waals surface area contributed by atoms with E-state index in [-0.39, 0.29) is 17.2 Å². The van der Waals surface area contributed by atoms with E-state index in [0.717, 1.165) is 5.56 Å². The van der Waals surface area contributed by atoms with Crippen LogP contribution in [0.15, 0.2) is 48.5 Å². The van der Waals surface area contributed by atoms with Crippen molar-refractivity contribution in [3.63, 3.8) is 0 Å². The van der Waals surface area contributed by atoms with Crippen LogP contribution in [-0.2, 0) is 16.8 Å². The van der Waals surface area contributed by atoms with Crippen LogP contribution in [-0.4, -0.2) is 5.78 Å². The lowest BCUT2D eigenvalue weighted by atomic mass is 9.86. The van der Waals surface area contributed by atoms with Gasteiger partial charge in [0.2, 0.25) is 0 Å². The summed E-state index contributed by atoms with van der Waals surface area (Å²) in [6.45, 7) is 1.66. The van der Waals surface area contributed by atoms with E-state index in [1.165, 1.54) is 12.1 Å². The highest BCUT2D eigenvalue weighted by atomic mass is 35.5. The molecule has 0 saturated carbocycles. The van der Waals surface area contributed by atoms with Crippen LogP contribution in [0.5, 0.6) is 0 Å². The summed E-state index contributed by atoms with van der Waals surface area (Å²) < 4.78 is 13.4. The molecule has 0 saturated heterocycles. The number of nitrogens with two attached hydrogens (primary N) is 1. The average Bonchev–Trinajstić information content (AvgIpc) is 2.44. The van der Waals surface area contributed by atoms with Crippen LogP contribution in [0.3, 0.4) is 0 Å². The summed E-state index contributed by atoms with van der Waals surface area (Å²) in [6, 6.07) is 13.5. The molecule has 0 heterocycles.